The van der Waals surface area contributed by atoms with E-state index in [1.54, 1.807) is 12.1 Å². The predicted molar refractivity (Wildman–Crippen MR) is 70.0 cm³/mol. The number of fused-ring (bicyclic) bond motifs is 1. The lowest BCUT2D eigenvalue weighted by atomic mass is 10.2. The zero-order valence-electron chi connectivity index (χ0n) is 10.6. The van der Waals surface area contributed by atoms with E-state index in [4.69, 9.17) is 5.11 Å². The highest BCUT2D eigenvalue weighted by Crippen LogP contribution is 2.22. The molecule has 1 saturated heterocycles. The van der Waals surface area contributed by atoms with Crippen molar-refractivity contribution in [2.45, 2.75) is 18.9 Å². The van der Waals surface area contributed by atoms with Crippen molar-refractivity contribution in [2.75, 3.05) is 6.54 Å². The number of nitrogens with one attached hydrogen (secondary N) is 1. The van der Waals surface area contributed by atoms with Gasteiger partial charge in [0.2, 0.25) is 0 Å². The van der Waals surface area contributed by atoms with E-state index in [-0.39, 0.29) is 11.7 Å². The van der Waals surface area contributed by atoms with Crippen LogP contribution in [0.4, 0.5) is 4.39 Å². The molecular weight excluding hydrogens is 263 g/mol. The number of carbonyl (C=O) groups is 2. The topological polar surface area (TPSA) is 73.4 Å². The third kappa shape index (κ3) is 2.03. The molecule has 2 aromatic rings. The molecule has 5 nitrogen and oxygen atoms in total. The van der Waals surface area contributed by atoms with Gasteiger partial charge < -0.3 is 15.0 Å². The summed E-state index contributed by atoms with van der Waals surface area (Å²) in [5, 5.41) is 9.70. The number of halogens is 1. The van der Waals surface area contributed by atoms with Crippen LogP contribution in [0.5, 0.6) is 0 Å². The third-order valence-electron chi connectivity index (χ3n) is 3.61. The molecule has 1 fully saturated rings. The number of likely N-dealkylation sites (tertiary alicyclic amines) is 1. The van der Waals surface area contributed by atoms with Gasteiger partial charge in [0.05, 0.1) is 0 Å². The molecule has 20 heavy (non-hydrogen) atoms. The number of carboxylic acids is 1. The predicted octanol–water partition coefficient (Wildman–Crippen LogP) is 2.00. The first-order valence-electron chi connectivity index (χ1n) is 6.38. The maximum Gasteiger partial charge on any atom is 0.326 e. The number of rotatable bonds is 2. The van der Waals surface area contributed by atoms with Gasteiger partial charge in [-0.2, -0.15) is 0 Å². The Morgan fingerprint density at radius 3 is 2.90 bits per heavy atom. The molecule has 0 unspecified atom stereocenters. The van der Waals surface area contributed by atoms with Crippen LogP contribution in [-0.4, -0.2) is 39.5 Å². The Labute approximate surface area is 114 Å². The molecule has 104 valence electrons. The number of nitrogens with zero attached hydrogens (tertiary/aromatic N) is 1. The van der Waals surface area contributed by atoms with Gasteiger partial charge >= 0.3 is 5.97 Å². The lowest BCUT2D eigenvalue weighted by molar-refractivity contribution is -0.141. The van der Waals surface area contributed by atoms with Gasteiger partial charge in [0.15, 0.2) is 0 Å². The number of hydrogen-bond donors (Lipinski definition) is 2. The molecule has 6 heteroatoms. The van der Waals surface area contributed by atoms with E-state index in [9.17, 15) is 14.0 Å². The van der Waals surface area contributed by atoms with Crippen molar-refractivity contribution in [3.05, 3.63) is 35.8 Å². The molecule has 0 bridgehead atoms. The van der Waals surface area contributed by atoms with E-state index >= 15 is 0 Å². The molecule has 1 atom stereocenters. The molecule has 0 aliphatic carbocycles. The van der Waals surface area contributed by atoms with Crippen LogP contribution in [0.3, 0.4) is 0 Å². The number of aromatic amines is 1. The van der Waals surface area contributed by atoms with Gasteiger partial charge in [-0.3, -0.25) is 4.79 Å². The molecular formula is C14H13FN2O3. The van der Waals surface area contributed by atoms with Gasteiger partial charge in [0.25, 0.3) is 5.91 Å². The van der Waals surface area contributed by atoms with Crippen LogP contribution in [-0.2, 0) is 4.79 Å². The summed E-state index contributed by atoms with van der Waals surface area (Å²) in [6.45, 7) is 0.430. The fraction of sp³-hybridized carbons (Fsp3) is 0.286. The van der Waals surface area contributed by atoms with E-state index in [2.05, 4.69) is 4.98 Å². The lowest BCUT2D eigenvalue weighted by Crippen LogP contribution is -2.40. The third-order valence-corrected chi connectivity index (χ3v) is 3.61. The molecule has 1 aliphatic rings. The molecule has 1 aliphatic heterocycles. The Hall–Kier alpha value is -2.37. The van der Waals surface area contributed by atoms with Gasteiger partial charge in [0, 0.05) is 17.4 Å². The normalized spacial score (nSPS) is 18.6. The van der Waals surface area contributed by atoms with Gasteiger partial charge in [-0.25, -0.2) is 9.18 Å². The minimum Gasteiger partial charge on any atom is -0.480 e. The second kappa shape index (κ2) is 4.63. The van der Waals surface area contributed by atoms with Gasteiger partial charge in [-0.1, -0.05) is 0 Å². The van der Waals surface area contributed by atoms with E-state index in [1.807, 2.05) is 0 Å². The van der Waals surface area contributed by atoms with Gasteiger partial charge in [-0.05, 0) is 37.1 Å². The number of carboxylic acid groups (broad SMARTS) is 1. The van der Waals surface area contributed by atoms with E-state index in [1.165, 1.54) is 17.0 Å². The molecule has 1 amide bonds. The van der Waals surface area contributed by atoms with Gasteiger partial charge in [-0.15, -0.1) is 0 Å². The number of hydrogen-bond acceptors (Lipinski definition) is 2. The largest absolute Gasteiger partial charge is 0.480 e. The summed E-state index contributed by atoms with van der Waals surface area (Å²) in [6.07, 6.45) is 1.15. The first kappa shape index (κ1) is 12.7. The van der Waals surface area contributed by atoms with Crippen LogP contribution < -0.4 is 0 Å². The zero-order valence-corrected chi connectivity index (χ0v) is 10.6. The number of amides is 1. The minimum atomic E-state index is -0.988. The Morgan fingerprint density at radius 1 is 1.35 bits per heavy atom. The molecule has 0 saturated carbocycles. The van der Waals surface area contributed by atoms with Crippen LogP contribution in [0.25, 0.3) is 10.9 Å². The first-order valence-corrected chi connectivity index (χ1v) is 6.38. The summed E-state index contributed by atoms with van der Waals surface area (Å²) in [6, 6.07) is 4.98. The molecule has 3 rings (SSSR count). The van der Waals surface area contributed by atoms with Crippen molar-refractivity contribution in [1.82, 2.24) is 9.88 Å². The van der Waals surface area contributed by atoms with Crippen LogP contribution in [0, 0.1) is 5.82 Å². The number of aromatic nitrogens is 1. The Balaban J connectivity index is 1.94. The first-order chi connectivity index (χ1) is 9.56. The van der Waals surface area contributed by atoms with Crippen molar-refractivity contribution in [2.24, 2.45) is 0 Å². The molecule has 0 radical (unpaired) electrons. The summed E-state index contributed by atoms with van der Waals surface area (Å²) in [5.74, 6) is -1.72. The summed E-state index contributed by atoms with van der Waals surface area (Å²) in [5.41, 5.74) is 0.944. The van der Waals surface area contributed by atoms with Gasteiger partial charge in [0.1, 0.15) is 17.6 Å². The van der Waals surface area contributed by atoms with Crippen molar-refractivity contribution >= 4 is 22.8 Å². The average Bonchev–Trinajstić information content (AvgIpc) is 3.03. The van der Waals surface area contributed by atoms with Crippen LogP contribution in [0.2, 0.25) is 0 Å². The second-order valence-electron chi connectivity index (χ2n) is 4.91. The Kier molecular flexibility index (Phi) is 2.93. The highest BCUT2D eigenvalue weighted by molar-refractivity contribution is 5.99. The van der Waals surface area contributed by atoms with Crippen molar-refractivity contribution < 1.29 is 19.1 Å². The SMILES string of the molecule is O=C(O)[C@@H]1CCCN1C(=O)c1cc2cc(F)ccc2[nH]1. The average molecular weight is 276 g/mol. The van der Waals surface area contributed by atoms with Crippen molar-refractivity contribution in [3.8, 4) is 0 Å². The minimum absolute atomic E-state index is 0.291. The highest BCUT2D eigenvalue weighted by atomic mass is 19.1. The van der Waals surface area contributed by atoms with Crippen LogP contribution in [0.1, 0.15) is 23.3 Å². The summed E-state index contributed by atoms with van der Waals surface area (Å²) < 4.78 is 13.1. The number of carbonyl (C=O) groups excluding carboxylic acids is 1. The monoisotopic (exact) mass is 276 g/mol. The smallest absolute Gasteiger partial charge is 0.326 e. The van der Waals surface area contributed by atoms with Crippen molar-refractivity contribution in [3.63, 3.8) is 0 Å². The van der Waals surface area contributed by atoms with Crippen LogP contribution >= 0.6 is 0 Å². The fourth-order valence-corrected chi connectivity index (χ4v) is 2.64. The number of benzene rings is 1. The quantitative estimate of drug-likeness (QED) is 0.881. The molecule has 1 aromatic carbocycles. The standard InChI is InChI=1S/C14H13FN2O3/c15-9-3-4-10-8(6-9)7-11(16-10)13(18)17-5-1-2-12(17)14(19)20/h3-4,6-7,12,16H,1-2,5H2,(H,19,20)/t12-/m0/s1. The van der Waals surface area contributed by atoms with Crippen LogP contribution in [0.15, 0.2) is 24.3 Å². The maximum atomic E-state index is 13.1. The molecule has 2 N–H and O–H groups in total. The Morgan fingerprint density at radius 2 is 2.15 bits per heavy atom. The fourth-order valence-electron chi connectivity index (χ4n) is 2.64. The zero-order chi connectivity index (χ0) is 14.3. The highest BCUT2D eigenvalue weighted by Gasteiger charge is 2.34. The lowest BCUT2D eigenvalue weighted by Gasteiger charge is -2.20. The summed E-state index contributed by atoms with van der Waals surface area (Å²) >= 11 is 0. The molecule has 1 aromatic heterocycles. The van der Waals surface area contributed by atoms with E-state index in [0.29, 0.717) is 36.0 Å². The summed E-state index contributed by atoms with van der Waals surface area (Å²) in [7, 11) is 0. The van der Waals surface area contributed by atoms with E-state index < -0.39 is 12.0 Å². The summed E-state index contributed by atoms with van der Waals surface area (Å²) in [4.78, 5) is 27.7. The maximum absolute atomic E-state index is 13.1. The second-order valence-corrected chi connectivity index (χ2v) is 4.91. The van der Waals surface area contributed by atoms with Crippen molar-refractivity contribution in [1.29, 1.82) is 0 Å². The molecule has 0 spiro atoms. The molecule has 2 heterocycles. The Bertz CT molecular complexity index is 695. The number of aliphatic carboxylic acids is 1. The number of H-pyrrole nitrogens is 1. The van der Waals surface area contributed by atoms with E-state index in [0.717, 1.165) is 0 Å².